The molecule has 160 valence electrons. The van der Waals surface area contributed by atoms with Crippen molar-refractivity contribution in [3.63, 3.8) is 0 Å². The first-order valence-corrected chi connectivity index (χ1v) is 12.0. The molecule has 4 rings (SSSR count). The van der Waals surface area contributed by atoms with Crippen LogP contribution >= 0.6 is 7.14 Å². The summed E-state index contributed by atoms with van der Waals surface area (Å²) in [4.78, 5) is 13.4. The van der Waals surface area contributed by atoms with Gasteiger partial charge in [-0.3, -0.25) is 4.79 Å². The number of phenols is 1. The van der Waals surface area contributed by atoms with E-state index in [9.17, 15) is 27.6 Å². The third-order valence-electron chi connectivity index (χ3n) is 5.58. The van der Waals surface area contributed by atoms with Crippen molar-refractivity contribution in [3.05, 3.63) is 89.0 Å². The van der Waals surface area contributed by atoms with Gasteiger partial charge in [0.25, 0.3) is 0 Å². The molecule has 1 amide bonds. The molecule has 0 aromatic heterocycles. The Balaban J connectivity index is 2.04. The average Bonchev–Trinajstić information content (AvgIpc) is 3.00. The Labute approximate surface area is 177 Å². The molecular formula is C23H19F3NO3P. The third kappa shape index (κ3) is 3.33. The summed E-state index contributed by atoms with van der Waals surface area (Å²) in [5.74, 6) is -0.663. The standard InChI is InChI=1S/C23H19F3NO3P/c1-31(2,30)17-12-8-15(9-13-17)22(14-6-10-16(28)11-7-14)18-4-3-5-19(23(24,25)26)20(18)27-21(22)29/h3-13,28H,1-2H3,(H,27,29). The smallest absolute Gasteiger partial charge is 0.418 e. The van der Waals surface area contributed by atoms with Crippen LogP contribution in [0.25, 0.3) is 0 Å². The molecule has 0 aliphatic carbocycles. The molecule has 2 N–H and O–H groups in total. The van der Waals surface area contributed by atoms with Gasteiger partial charge in [-0.15, -0.1) is 0 Å². The van der Waals surface area contributed by atoms with Crippen LogP contribution in [0.4, 0.5) is 18.9 Å². The van der Waals surface area contributed by atoms with Crippen molar-refractivity contribution in [2.75, 3.05) is 18.6 Å². The van der Waals surface area contributed by atoms with Gasteiger partial charge in [-0.25, -0.2) is 0 Å². The highest BCUT2D eigenvalue weighted by Gasteiger charge is 2.52. The van der Waals surface area contributed by atoms with Crippen molar-refractivity contribution >= 4 is 24.0 Å². The fraction of sp³-hybridized carbons (Fsp3) is 0.174. The van der Waals surface area contributed by atoms with Gasteiger partial charge < -0.3 is 15.0 Å². The average molecular weight is 445 g/mol. The Morgan fingerprint density at radius 1 is 0.903 bits per heavy atom. The SMILES string of the molecule is CP(C)(=O)c1ccc(C2(c3ccc(O)cc3)C(=O)Nc3c(C(F)(F)F)cccc32)cc1. The van der Waals surface area contributed by atoms with Gasteiger partial charge in [0.05, 0.1) is 11.3 Å². The Bertz CT molecular complexity index is 1210. The van der Waals surface area contributed by atoms with Crippen molar-refractivity contribution in [1.82, 2.24) is 0 Å². The van der Waals surface area contributed by atoms with E-state index < -0.39 is 30.2 Å². The van der Waals surface area contributed by atoms with Crippen molar-refractivity contribution in [3.8, 4) is 5.75 Å². The summed E-state index contributed by atoms with van der Waals surface area (Å²) in [7, 11) is -2.56. The quantitative estimate of drug-likeness (QED) is 0.561. The van der Waals surface area contributed by atoms with Gasteiger partial charge in [-0.1, -0.05) is 48.5 Å². The number of alkyl halides is 3. The lowest BCUT2D eigenvalue weighted by atomic mass is 9.70. The van der Waals surface area contributed by atoms with E-state index in [1.807, 2.05) is 0 Å². The molecule has 0 fully saturated rings. The van der Waals surface area contributed by atoms with E-state index in [0.29, 0.717) is 16.4 Å². The fourth-order valence-electron chi connectivity index (χ4n) is 4.09. The van der Waals surface area contributed by atoms with Crippen LogP contribution in [-0.2, 0) is 21.0 Å². The molecule has 0 bridgehead atoms. The number of benzene rings is 3. The summed E-state index contributed by atoms with van der Waals surface area (Å²) in [6.07, 6.45) is -4.65. The largest absolute Gasteiger partial charge is 0.508 e. The van der Waals surface area contributed by atoms with Crippen LogP contribution in [0.1, 0.15) is 22.3 Å². The Kier molecular flexibility index (Phi) is 4.78. The molecule has 31 heavy (non-hydrogen) atoms. The highest BCUT2D eigenvalue weighted by atomic mass is 31.2. The molecule has 1 atom stereocenters. The monoisotopic (exact) mass is 445 g/mol. The van der Waals surface area contributed by atoms with E-state index in [1.165, 1.54) is 36.4 Å². The second kappa shape index (κ2) is 6.99. The van der Waals surface area contributed by atoms with Gasteiger partial charge in [0.2, 0.25) is 5.91 Å². The van der Waals surface area contributed by atoms with Gasteiger partial charge in [0.15, 0.2) is 0 Å². The lowest BCUT2D eigenvalue weighted by Gasteiger charge is -2.29. The molecule has 0 saturated heterocycles. The van der Waals surface area contributed by atoms with E-state index in [2.05, 4.69) is 5.32 Å². The number of anilines is 1. The minimum Gasteiger partial charge on any atom is -0.508 e. The zero-order valence-corrected chi connectivity index (χ0v) is 17.6. The number of halogens is 3. The fourth-order valence-corrected chi connectivity index (χ4v) is 4.95. The minimum absolute atomic E-state index is 0.0326. The second-order valence-corrected chi connectivity index (χ2v) is 11.1. The van der Waals surface area contributed by atoms with Crippen molar-refractivity contribution < 1.29 is 27.6 Å². The van der Waals surface area contributed by atoms with E-state index in [1.54, 1.807) is 37.6 Å². The molecule has 1 unspecified atom stereocenters. The van der Waals surface area contributed by atoms with E-state index in [4.69, 9.17) is 0 Å². The topological polar surface area (TPSA) is 66.4 Å². The number of fused-ring (bicyclic) bond motifs is 1. The Morgan fingerprint density at radius 2 is 1.45 bits per heavy atom. The third-order valence-corrected chi connectivity index (χ3v) is 7.12. The summed E-state index contributed by atoms with van der Waals surface area (Å²) in [6.45, 7) is 3.23. The van der Waals surface area contributed by atoms with Crippen molar-refractivity contribution in [1.29, 1.82) is 0 Å². The number of phenolic OH excluding ortho intramolecular Hbond substituents is 1. The number of para-hydroxylation sites is 1. The maximum Gasteiger partial charge on any atom is 0.418 e. The van der Waals surface area contributed by atoms with Crippen molar-refractivity contribution in [2.24, 2.45) is 0 Å². The number of nitrogens with one attached hydrogen (secondary N) is 1. The summed E-state index contributed by atoms with van der Waals surface area (Å²) >= 11 is 0. The summed E-state index contributed by atoms with van der Waals surface area (Å²) in [5, 5.41) is 12.8. The molecule has 0 spiro atoms. The summed E-state index contributed by atoms with van der Waals surface area (Å²) < 4.78 is 53.4. The number of amides is 1. The maximum atomic E-state index is 13.6. The molecule has 0 radical (unpaired) electrons. The number of aromatic hydroxyl groups is 1. The first-order valence-electron chi connectivity index (χ1n) is 9.43. The highest BCUT2D eigenvalue weighted by molar-refractivity contribution is 7.70. The van der Waals surface area contributed by atoms with Gasteiger partial charge >= 0.3 is 6.18 Å². The molecule has 1 aliphatic heterocycles. The normalized spacial score (nSPS) is 18.5. The lowest BCUT2D eigenvalue weighted by molar-refractivity contribution is -0.136. The highest BCUT2D eigenvalue weighted by Crippen LogP contribution is 2.51. The number of rotatable bonds is 3. The van der Waals surface area contributed by atoms with E-state index in [-0.39, 0.29) is 17.0 Å². The molecule has 3 aromatic rings. The maximum absolute atomic E-state index is 13.6. The van der Waals surface area contributed by atoms with Crippen LogP contribution in [0.5, 0.6) is 5.75 Å². The Hall–Kier alpha value is -3.05. The first-order chi connectivity index (χ1) is 14.5. The van der Waals surface area contributed by atoms with Gasteiger partial charge in [-0.05, 0) is 42.7 Å². The second-order valence-electron chi connectivity index (χ2n) is 7.87. The molecule has 8 heteroatoms. The number of hydrogen-bond acceptors (Lipinski definition) is 3. The van der Waals surface area contributed by atoms with E-state index >= 15 is 0 Å². The van der Waals surface area contributed by atoms with Crippen LogP contribution in [0.3, 0.4) is 0 Å². The van der Waals surface area contributed by atoms with Crippen LogP contribution in [0, 0.1) is 0 Å². The van der Waals surface area contributed by atoms with Crippen LogP contribution in [-0.4, -0.2) is 24.3 Å². The number of hydrogen-bond donors (Lipinski definition) is 2. The van der Waals surface area contributed by atoms with Crippen LogP contribution in [0.2, 0.25) is 0 Å². The Morgan fingerprint density at radius 3 is 1.97 bits per heavy atom. The number of carbonyl (C=O) groups is 1. The van der Waals surface area contributed by atoms with Gasteiger partial charge in [0, 0.05) is 10.9 Å². The predicted molar refractivity (Wildman–Crippen MR) is 114 cm³/mol. The molecule has 0 saturated carbocycles. The molecular weight excluding hydrogens is 426 g/mol. The molecule has 4 nitrogen and oxygen atoms in total. The van der Waals surface area contributed by atoms with Crippen molar-refractivity contribution in [2.45, 2.75) is 11.6 Å². The first kappa shape index (κ1) is 21.2. The van der Waals surface area contributed by atoms with Gasteiger partial charge in [-0.2, -0.15) is 13.2 Å². The zero-order chi connectivity index (χ0) is 22.6. The summed E-state index contributed by atoms with van der Waals surface area (Å²) in [6, 6.07) is 16.0. The molecule has 1 heterocycles. The molecule has 3 aromatic carbocycles. The number of carbonyl (C=O) groups excluding carboxylic acids is 1. The minimum atomic E-state index is -4.65. The zero-order valence-electron chi connectivity index (χ0n) is 16.7. The summed E-state index contributed by atoms with van der Waals surface area (Å²) in [5.41, 5.74) is -1.76. The van der Waals surface area contributed by atoms with Crippen LogP contribution < -0.4 is 10.6 Å². The predicted octanol–water partition coefficient (Wildman–Crippen LogP) is 4.95. The lowest BCUT2D eigenvalue weighted by Crippen LogP contribution is -2.37. The van der Waals surface area contributed by atoms with E-state index in [0.717, 1.165) is 6.07 Å². The van der Waals surface area contributed by atoms with Crippen LogP contribution in [0.15, 0.2) is 66.7 Å². The van der Waals surface area contributed by atoms with Gasteiger partial charge in [0.1, 0.15) is 18.3 Å². The molecule has 1 aliphatic rings.